The molecule has 0 fully saturated rings. The second kappa shape index (κ2) is 10.7. The molecule has 0 N–H and O–H groups in total. The summed E-state index contributed by atoms with van der Waals surface area (Å²) in [5.41, 5.74) is 10.2. The Hall–Kier alpha value is -6.64. The predicted octanol–water partition coefficient (Wildman–Crippen LogP) is 13.1. The fourth-order valence-corrected chi connectivity index (χ4v) is 8.97. The summed E-state index contributed by atoms with van der Waals surface area (Å²) in [5.74, 6) is 1.83. The summed E-state index contributed by atoms with van der Waals surface area (Å²) in [4.78, 5) is 2.47. The third-order valence-electron chi connectivity index (χ3n) is 11.1. The SMILES string of the molecule is c1ccc2c(c1)Oc1c(ccc3ccccc13)C21c2ccccc2-c2ccc(N(c3cccc4ccccc34)c3cccc4ccccc34)cc21. The smallest absolute Gasteiger partial charge is 0.140 e. The zero-order valence-corrected chi connectivity index (χ0v) is 27.8. The number of anilines is 3. The molecule has 1 spiro atoms. The minimum absolute atomic E-state index is 0.584. The van der Waals surface area contributed by atoms with Crippen LogP contribution in [-0.2, 0) is 5.41 Å². The molecule has 1 heterocycles. The van der Waals surface area contributed by atoms with Crippen LogP contribution in [0.15, 0.2) is 188 Å². The zero-order chi connectivity index (χ0) is 33.5. The van der Waals surface area contributed by atoms with Crippen molar-refractivity contribution in [1.29, 1.82) is 0 Å². The lowest BCUT2D eigenvalue weighted by Crippen LogP contribution is -2.32. The quantitative estimate of drug-likeness (QED) is 0.189. The number of fused-ring (bicyclic) bond motifs is 13. The molecule has 2 aliphatic rings. The minimum Gasteiger partial charge on any atom is -0.456 e. The monoisotopic (exact) mass is 649 g/mol. The maximum Gasteiger partial charge on any atom is 0.140 e. The van der Waals surface area contributed by atoms with Gasteiger partial charge in [0.25, 0.3) is 0 Å². The Morgan fingerprint density at radius 2 is 0.922 bits per heavy atom. The molecule has 0 saturated carbocycles. The summed E-state index contributed by atoms with van der Waals surface area (Å²) in [7, 11) is 0. The Morgan fingerprint density at radius 1 is 0.373 bits per heavy atom. The number of para-hydroxylation sites is 1. The first-order valence-corrected chi connectivity index (χ1v) is 17.6. The van der Waals surface area contributed by atoms with E-state index in [0.29, 0.717) is 0 Å². The Balaban J connectivity index is 1.26. The van der Waals surface area contributed by atoms with Crippen LogP contribution in [0.5, 0.6) is 11.5 Å². The normalized spacial score (nSPS) is 15.3. The van der Waals surface area contributed by atoms with E-state index < -0.39 is 5.41 Å². The van der Waals surface area contributed by atoms with Gasteiger partial charge in [-0.05, 0) is 68.7 Å². The molecule has 2 nitrogen and oxygen atoms in total. The molecule has 0 radical (unpaired) electrons. The molecule has 9 aromatic carbocycles. The van der Waals surface area contributed by atoms with Gasteiger partial charge in [-0.1, -0.05) is 158 Å². The molecule has 0 saturated heterocycles. The van der Waals surface area contributed by atoms with Crippen molar-refractivity contribution in [3.8, 4) is 22.6 Å². The van der Waals surface area contributed by atoms with Crippen LogP contribution in [-0.4, -0.2) is 0 Å². The second-order valence-corrected chi connectivity index (χ2v) is 13.6. The first-order valence-electron chi connectivity index (χ1n) is 17.6. The van der Waals surface area contributed by atoms with E-state index in [1.54, 1.807) is 0 Å². The molecular weight excluding hydrogens is 619 g/mol. The van der Waals surface area contributed by atoms with Gasteiger partial charge >= 0.3 is 0 Å². The topological polar surface area (TPSA) is 12.5 Å². The van der Waals surface area contributed by atoms with Gasteiger partial charge in [-0.3, -0.25) is 0 Å². The lowest BCUT2D eigenvalue weighted by Gasteiger charge is -2.40. The fourth-order valence-electron chi connectivity index (χ4n) is 8.97. The van der Waals surface area contributed by atoms with Gasteiger partial charge in [0.1, 0.15) is 11.5 Å². The Morgan fingerprint density at radius 3 is 1.65 bits per heavy atom. The molecular formula is C49H31NO. The molecule has 0 bridgehead atoms. The third-order valence-corrected chi connectivity index (χ3v) is 11.1. The van der Waals surface area contributed by atoms with Crippen molar-refractivity contribution >= 4 is 49.4 Å². The van der Waals surface area contributed by atoms with Crippen LogP contribution in [0.4, 0.5) is 17.1 Å². The van der Waals surface area contributed by atoms with Crippen LogP contribution in [0.1, 0.15) is 22.3 Å². The summed E-state index contributed by atoms with van der Waals surface area (Å²) in [6, 6.07) is 68.5. The van der Waals surface area contributed by atoms with Crippen LogP contribution in [0.2, 0.25) is 0 Å². The van der Waals surface area contributed by atoms with E-state index in [1.165, 1.54) is 54.7 Å². The maximum atomic E-state index is 6.91. The Labute approximate surface area is 296 Å². The summed E-state index contributed by atoms with van der Waals surface area (Å²) in [6.07, 6.45) is 0. The highest BCUT2D eigenvalue weighted by Crippen LogP contribution is 2.63. The van der Waals surface area contributed by atoms with Crippen molar-refractivity contribution in [2.75, 3.05) is 4.90 Å². The molecule has 51 heavy (non-hydrogen) atoms. The van der Waals surface area contributed by atoms with Gasteiger partial charge < -0.3 is 9.64 Å². The minimum atomic E-state index is -0.584. The first kappa shape index (κ1) is 28.2. The fraction of sp³-hybridized carbons (Fsp3) is 0.0204. The lowest BCUT2D eigenvalue weighted by atomic mass is 9.65. The van der Waals surface area contributed by atoms with E-state index >= 15 is 0 Å². The van der Waals surface area contributed by atoms with Crippen LogP contribution in [0.25, 0.3) is 43.4 Å². The van der Waals surface area contributed by atoms with Crippen molar-refractivity contribution in [3.63, 3.8) is 0 Å². The van der Waals surface area contributed by atoms with Gasteiger partial charge in [0.15, 0.2) is 0 Å². The van der Waals surface area contributed by atoms with E-state index in [9.17, 15) is 0 Å². The van der Waals surface area contributed by atoms with Gasteiger partial charge in [0, 0.05) is 33.0 Å². The number of hydrogen-bond donors (Lipinski definition) is 0. The average Bonchev–Trinajstić information content (AvgIpc) is 3.48. The number of nitrogens with zero attached hydrogens (tertiary/aromatic N) is 1. The molecule has 2 heteroatoms. The van der Waals surface area contributed by atoms with Gasteiger partial charge in [-0.25, -0.2) is 0 Å². The maximum absolute atomic E-state index is 6.91. The molecule has 1 atom stereocenters. The zero-order valence-electron chi connectivity index (χ0n) is 27.8. The van der Waals surface area contributed by atoms with E-state index in [1.807, 2.05) is 0 Å². The largest absolute Gasteiger partial charge is 0.456 e. The Kier molecular flexibility index (Phi) is 5.91. The van der Waals surface area contributed by atoms with E-state index in [4.69, 9.17) is 4.74 Å². The van der Waals surface area contributed by atoms with Crippen molar-refractivity contribution < 1.29 is 4.74 Å². The second-order valence-electron chi connectivity index (χ2n) is 13.6. The number of ether oxygens (including phenoxy) is 1. The van der Waals surface area contributed by atoms with Crippen molar-refractivity contribution in [2.24, 2.45) is 0 Å². The van der Waals surface area contributed by atoms with Gasteiger partial charge in [-0.2, -0.15) is 0 Å². The molecule has 0 aromatic heterocycles. The predicted molar refractivity (Wildman–Crippen MR) is 211 cm³/mol. The van der Waals surface area contributed by atoms with Gasteiger partial charge in [0.2, 0.25) is 0 Å². The summed E-state index contributed by atoms with van der Waals surface area (Å²) < 4.78 is 6.91. The average molecular weight is 650 g/mol. The van der Waals surface area contributed by atoms with Crippen LogP contribution in [0.3, 0.4) is 0 Å². The molecule has 11 rings (SSSR count). The number of rotatable bonds is 3. The Bertz CT molecular complexity index is 2780. The van der Waals surface area contributed by atoms with Gasteiger partial charge in [-0.15, -0.1) is 0 Å². The van der Waals surface area contributed by atoms with Crippen LogP contribution < -0.4 is 9.64 Å². The van der Waals surface area contributed by atoms with Crippen LogP contribution >= 0.6 is 0 Å². The standard InChI is InChI=1S/C49H31NO/c1-4-18-36-32(13-1)16-11-24-45(36)50(46-25-12-17-33-14-2-5-19-37(33)46)35-28-29-40-39-21-7-8-22-41(39)49(44(40)31-35)42-23-9-10-26-47(42)51-48-38-20-6-3-15-34(38)27-30-43(48)49/h1-31H. The molecule has 1 aliphatic carbocycles. The highest BCUT2D eigenvalue weighted by molar-refractivity contribution is 6.05. The summed E-state index contributed by atoms with van der Waals surface area (Å²) in [6.45, 7) is 0. The highest BCUT2D eigenvalue weighted by Gasteiger charge is 2.51. The van der Waals surface area contributed by atoms with Crippen molar-refractivity contribution in [2.45, 2.75) is 5.41 Å². The number of benzene rings is 9. The first-order chi connectivity index (χ1) is 25.3. The summed E-state index contributed by atoms with van der Waals surface area (Å²) in [5, 5.41) is 7.14. The highest BCUT2D eigenvalue weighted by atomic mass is 16.5. The van der Waals surface area contributed by atoms with E-state index in [0.717, 1.165) is 39.5 Å². The van der Waals surface area contributed by atoms with Gasteiger partial charge in [0.05, 0.1) is 16.8 Å². The molecule has 238 valence electrons. The summed E-state index contributed by atoms with van der Waals surface area (Å²) >= 11 is 0. The molecule has 1 aliphatic heterocycles. The molecule has 1 unspecified atom stereocenters. The number of hydrogen-bond acceptors (Lipinski definition) is 2. The third kappa shape index (κ3) is 3.87. The van der Waals surface area contributed by atoms with Crippen molar-refractivity contribution in [1.82, 2.24) is 0 Å². The lowest BCUT2D eigenvalue weighted by molar-refractivity contribution is 0.441. The van der Waals surface area contributed by atoms with E-state index in [-0.39, 0.29) is 0 Å². The molecule has 9 aromatic rings. The van der Waals surface area contributed by atoms with E-state index in [2.05, 4.69) is 193 Å². The molecule has 0 amide bonds. The van der Waals surface area contributed by atoms with Crippen LogP contribution in [0, 0.1) is 0 Å². The van der Waals surface area contributed by atoms with Crippen molar-refractivity contribution in [3.05, 3.63) is 210 Å².